The molecule has 2 rings (SSSR count). The number of para-hydroxylation sites is 2. The standard InChI is InChI=1S/C17H15BrO5/c1-21-15-7-2-3-8-16(15)22-11-17(20)23-10-14(19)12-5-4-6-13(18)9-12/h2-9H,10-11H2,1H3. The molecule has 0 aromatic heterocycles. The molecular weight excluding hydrogens is 364 g/mol. The van der Waals surface area contributed by atoms with Crippen molar-refractivity contribution in [3.05, 3.63) is 58.6 Å². The van der Waals surface area contributed by atoms with Crippen molar-refractivity contribution in [1.82, 2.24) is 0 Å². The highest BCUT2D eigenvalue weighted by atomic mass is 79.9. The van der Waals surface area contributed by atoms with Crippen LogP contribution in [0.4, 0.5) is 0 Å². The van der Waals surface area contributed by atoms with Crippen molar-refractivity contribution in [2.24, 2.45) is 0 Å². The quantitative estimate of drug-likeness (QED) is 0.546. The Bertz CT molecular complexity index is 699. The van der Waals surface area contributed by atoms with Crippen LogP contribution in [0.3, 0.4) is 0 Å². The molecule has 0 saturated carbocycles. The third-order valence-electron chi connectivity index (χ3n) is 2.93. The van der Waals surface area contributed by atoms with Crippen LogP contribution < -0.4 is 9.47 Å². The molecular formula is C17H15BrO5. The average Bonchev–Trinajstić information content (AvgIpc) is 2.58. The van der Waals surface area contributed by atoms with Crippen LogP contribution >= 0.6 is 15.9 Å². The van der Waals surface area contributed by atoms with Gasteiger partial charge in [0.15, 0.2) is 30.5 Å². The molecule has 0 spiro atoms. The van der Waals surface area contributed by atoms with Crippen molar-refractivity contribution >= 4 is 27.7 Å². The Labute approximate surface area is 142 Å². The summed E-state index contributed by atoms with van der Waals surface area (Å²) in [5.74, 6) is 0.0481. The summed E-state index contributed by atoms with van der Waals surface area (Å²) >= 11 is 3.28. The van der Waals surface area contributed by atoms with E-state index in [9.17, 15) is 9.59 Å². The molecule has 2 aromatic rings. The van der Waals surface area contributed by atoms with E-state index in [0.717, 1.165) is 4.47 Å². The predicted octanol–water partition coefficient (Wildman–Crippen LogP) is 3.26. The monoisotopic (exact) mass is 378 g/mol. The summed E-state index contributed by atoms with van der Waals surface area (Å²) in [5, 5.41) is 0. The Balaban J connectivity index is 1.82. The van der Waals surface area contributed by atoms with Gasteiger partial charge in [0.1, 0.15) is 0 Å². The van der Waals surface area contributed by atoms with Gasteiger partial charge in [0, 0.05) is 10.0 Å². The number of Topliss-reactive ketones (excluding diaryl/α,β-unsaturated/α-hetero) is 1. The fraction of sp³-hybridized carbons (Fsp3) is 0.176. The van der Waals surface area contributed by atoms with Gasteiger partial charge in [-0.3, -0.25) is 4.79 Å². The summed E-state index contributed by atoms with van der Waals surface area (Å²) in [6, 6.07) is 13.8. The first-order chi connectivity index (χ1) is 11.1. The van der Waals surface area contributed by atoms with Crippen LogP contribution in [0.2, 0.25) is 0 Å². The lowest BCUT2D eigenvalue weighted by Gasteiger charge is -2.10. The Morgan fingerprint density at radius 1 is 1.00 bits per heavy atom. The number of hydrogen-bond donors (Lipinski definition) is 0. The zero-order valence-electron chi connectivity index (χ0n) is 12.5. The molecule has 0 unspecified atom stereocenters. The fourth-order valence-corrected chi connectivity index (χ4v) is 2.21. The topological polar surface area (TPSA) is 61.8 Å². The normalized spacial score (nSPS) is 10.0. The number of benzene rings is 2. The molecule has 0 aliphatic heterocycles. The predicted molar refractivity (Wildman–Crippen MR) is 87.9 cm³/mol. The molecule has 0 heterocycles. The van der Waals surface area contributed by atoms with Gasteiger partial charge in [-0.2, -0.15) is 0 Å². The number of carbonyl (C=O) groups is 2. The first kappa shape index (κ1) is 17.0. The van der Waals surface area contributed by atoms with E-state index in [-0.39, 0.29) is 19.0 Å². The van der Waals surface area contributed by atoms with Crippen LogP contribution in [-0.2, 0) is 9.53 Å². The fourth-order valence-electron chi connectivity index (χ4n) is 1.81. The highest BCUT2D eigenvalue weighted by molar-refractivity contribution is 9.10. The number of ketones is 1. The number of carbonyl (C=O) groups excluding carboxylic acids is 2. The van der Waals surface area contributed by atoms with E-state index in [0.29, 0.717) is 17.1 Å². The van der Waals surface area contributed by atoms with Crippen LogP contribution in [0.1, 0.15) is 10.4 Å². The van der Waals surface area contributed by atoms with E-state index >= 15 is 0 Å². The molecule has 0 aliphatic carbocycles. The average molecular weight is 379 g/mol. The molecule has 0 radical (unpaired) electrons. The van der Waals surface area contributed by atoms with Gasteiger partial charge in [-0.25, -0.2) is 4.79 Å². The van der Waals surface area contributed by atoms with E-state index in [1.54, 1.807) is 42.5 Å². The maximum Gasteiger partial charge on any atom is 0.344 e. The van der Waals surface area contributed by atoms with E-state index < -0.39 is 5.97 Å². The lowest BCUT2D eigenvalue weighted by Crippen LogP contribution is -2.19. The Morgan fingerprint density at radius 2 is 1.74 bits per heavy atom. The summed E-state index contributed by atoms with van der Waals surface area (Å²) in [6.07, 6.45) is 0. The maximum atomic E-state index is 11.9. The second kappa shape index (κ2) is 8.33. The number of methoxy groups -OCH3 is 1. The van der Waals surface area contributed by atoms with Crippen LogP contribution in [0, 0.1) is 0 Å². The first-order valence-electron chi connectivity index (χ1n) is 6.80. The molecule has 0 fully saturated rings. The van der Waals surface area contributed by atoms with Gasteiger partial charge in [0.25, 0.3) is 0 Å². The smallest absolute Gasteiger partial charge is 0.344 e. The molecule has 6 heteroatoms. The highest BCUT2D eigenvalue weighted by Gasteiger charge is 2.12. The zero-order chi connectivity index (χ0) is 16.7. The molecule has 0 bridgehead atoms. The van der Waals surface area contributed by atoms with Crippen molar-refractivity contribution in [2.75, 3.05) is 20.3 Å². The minimum absolute atomic E-state index is 0.281. The van der Waals surface area contributed by atoms with E-state index in [4.69, 9.17) is 14.2 Å². The SMILES string of the molecule is COc1ccccc1OCC(=O)OCC(=O)c1cccc(Br)c1. The molecule has 23 heavy (non-hydrogen) atoms. The second-order valence-corrected chi connectivity index (χ2v) is 5.45. The Kier molecular flexibility index (Phi) is 6.17. The van der Waals surface area contributed by atoms with Crippen molar-refractivity contribution < 1.29 is 23.8 Å². The van der Waals surface area contributed by atoms with Crippen molar-refractivity contribution in [3.8, 4) is 11.5 Å². The summed E-state index contributed by atoms with van der Waals surface area (Å²) in [4.78, 5) is 23.6. The molecule has 5 nitrogen and oxygen atoms in total. The molecule has 2 aromatic carbocycles. The van der Waals surface area contributed by atoms with Crippen molar-refractivity contribution in [1.29, 1.82) is 0 Å². The third kappa shape index (κ3) is 5.10. The molecule has 120 valence electrons. The molecule has 0 aliphatic rings. The van der Waals surface area contributed by atoms with Gasteiger partial charge in [-0.15, -0.1) is 0 Å². The van der Waals surface area contributed by atoms with Gasteiger partial charge in [-0.05, 0) is 24.3 Å². The summed E-state index contributed by atoms with van der Waals surface area (Å²) < 4.78 is 16.1. The Morgan fingerprint density at radius 3 is 2.43 bits per heavy atom. The van der Waals surface area contributed by atoms with E-state index in [1.165, 1.54) is 7.11 Å². The summed E-state index contributed by atoms with van der Waals surface area (Å²) in [5.41, 5.74) is 0.470. The van der Waals surface area contributed by atoms with Crippen LogP contribution in [0.25, 0.3) is 0 Å². The first-order valence-corrected chi connectivity index (χ1v) is 7.59. The summed E-state index contributed by atoms with van der Waals surface area (Å²) in [7, 11) is 1.51. The third-order valence-corrected chi connectivity index (χ3v) is 3.42. The molecule has 0 N–H and O–H groups in total. The largest absolute Gasteiger partial charge is 0.493 e. The number of halogens is 1. The highest BCUT2D eigenvalue weighted by Crippen LogP contribution is 2.25. The van der Waals surface area contributed by atoms with Crippen LogP contribution in [-0.4, -0.2) is 32.1 Å². The maximum absolute atomic E-state index is 11.9. The second-order valence-electron chi connectivity index (χ2n) is 4.53. The minimum atomic E-state index is -0.626. The summed E-state index contributed by atoms with van der Waals surface area (Å²) in [6.45, 7) is -0.628. The van der Waals surface area contributed by atoms with Gasteiger partial charge in [0.05, 0.1) is 7.11 Å². The Hall–Kier alpha value is -2.34. The zero-order valence-corrected chi connectivity index (χ0v) is 14.0. The molecule has 0 saturated heterocycles. The number of esters is 1. The van der Waals surface area contributed by atoms with Gasteiger partial charge >= 0.3 is 5.97 Å². The van der Waals surface area contributed by atoms with Crippen LogP contribution in [0.5, 0.6) is 11.5 Å². The van der Waals surface area contributed by atoms with Crippen molar-refractivity contribution in [3.63, 3.8) is 0 Å². The van der Waals surface area contributed by atoms with E-state index in [2.05, 4.69) is 15.9 Å². The van der Waals surface area contributed by atoms with Crippen molar-refractivity contribution in [2.45, 2.75) is 0 Å². The number of hydrogen-bond acceptors (Lipinski definition) is 5. The van der Waals surface area contributed by atoms with Gasteiger partial charge in [0.2, 0.25) is 0 Å². The lowest BCUT2D eigenvalue weighted by atomic mass is 10.1. The minimum Gasteiger partial charge on any atom is -0.493 e. The number of ether oxygens (including phenoxy) is 3. The van der Waals surface area contributed by atoms with Crippen LogP contribution in [0.15, 0.2) is 53.0 Å². The molecule has 0 atom stereocenters. The molecule has 0 amide bonds. The number of rotatable bonds is 7. The lowest BCUT2D eigenvalue weighted by molar-refractivity contribution is -0.144. The van der Waals surface area contributed by atoms with Gasteiger partial charge in [-0.1, -0.05) is 40.2 Å². The van der Waals surface area contributed by atoms with Gasteiger partial charge < -0.3 is 14.2 Å². The van der Waals surface area contributed by atoms with E-state index in [1.807, 2.05) is 6.07 Å².